The van der Waals surface area contributed by atoms with E-state index in [1.165, 1.54) is 32.1 Å². The van der Waals surface area contributed by atoms with Gasteiger partial charge in [-0.2, -0.15) is 0 Å². The van der Waals surface area contributed by atoms with Gasteiger partial charge in [0.1, 0.15) is 0 Å². The number of nitrogens with zero attached hydrogens (tertiary/aromatic N) is 1. The van der Waals surface area contributed by atoms with Gasteiger partial charge in [0.2, 0.25) is 0 Å². The molecule has 0 bridgehead atoms. The first-order valence-corrected chi connectivity index (χ1v) is 5.79. The van der Waals surface area contributed by atoms with E-state index in [2.05, 4.69) is 32.8 Å². The van der Waals surface area contributed by atoms with Crippen molar-refractivity contribution in [3.8, 4) is 0 Å². The smallest absolute Gasteiger partial charge is 0.0325 e. The summed E-state index contributed by atoms with van der Waals surface area (Å²) in [6.45, 7) is 5.57. The molecule has 0 heterocycles. The summed E-state index contributed by atoms with van der Waals surface area (Å²) in [5, 5.41) is 0. The van der Waals surface area contributed by atoms with E-state index >= 15 is 0 Å². The van der Waals surface area contributed by atoms with Crippen molar-refractivity contribution < 1.29 is 0 Å². The van der Waals surface area contributed by atoms with Gasteiger partial charge < -0.3 is 10.6 Å². The molecule has 0 aromatic carbocycles. The Balaban J connectivity index is 2.72. The molecule has 0 radical (unpaired) electrons. The van der Waals surface area contributed by atoms with Crippen LogP contribution in [0.25, 0.3) is 0 Å². The molecule has 1 rings (SSSR count). The monoisotopic (exact) mass is 198 g/mol. The molecular formula is C12H26N2. The molecule has 14 heavy (non-hydrogen) atoms. The molecule has 0 aromatic heterocycles. The topological polar surface area (TPSA) is 29.3 Å². The summed E-state index contributed by atoms with van der Waals surface area (Å²) < 4.78 is 0. The zero-order valence-electron chi connectivity index (χ0n) is 10.3. The quantitative estimate of drug-likeness (QED) is 0.689. The molecule has 2 N–H and O–H groups in total. The van der Waals surface area contributed by atoms with Gasteiger partial charge in [0, 0.05) is 12.1 Å². The summed E-state index contributed by atoms with van der Waals surface area (Å²) in [6, 6.07) is 0. The number of likely N-dealkylation sites (N-methyl/N-ethyl adjacent to an activating group) is 1. The maximum absolute atomic E-state index is 5.96. The fourth-order valence-corrected chi connectivity index (χ4v) is 2.55. The molecule has 84 valence electrons. The molecule has 1 fully saturated rings. The molecule has 1 aliphatic rings. The lowest BCUT2D eigenvalue weighted by Gasteiger charge is -2.38. The van der Waals surface area contributed by atoms with Gasteiger partial charge in [-0.15, -0.1) is 0 Å². The van der Waals surface area contributed by atoms with E-state index in [-0.39, 0.29) is 5.54 Å². The van der Waals surface area contributed by atoms with Crippen LogP contribution in [0, 0.1) is 5.41 Å². The van der Waals surface area contributed by atoms with Gasteiger partial charge in [-0.25, -0.2) is 0 Å². The fraction of sp³-hybridized carbons (Fsp3) is 1.00. The Morgan fingerprint density at radius 1 is 1.07 bits per heavy atom. The highest BCUT2D eigenvalue weighted by molar-refractivity contribution is 4.93. The Kier molecular flexibility index (Phi) is 3.59. The second-order valence-corrected chi connectivity index (χ2v) is 5.84. The van der Waals surface area contributed by atoms with Gasteiger partial charge >= 0.3 is 0 Å². The normalized spacial score (nSPS) is 33.0. The molecule has 0 aromatic rings. The second-order valence-electron chi connectivity index (χ2n) is 5.84. The summed E-state index contributed by atoms with van der Waals surface area (Å²) in [7, 11) is 4.34. The van der Waals surface area contributed by atoms with Crippen molar-refractivity contribution in [3.05, 3.63) is 0 Å². The van der Waals surface area contributed by atoms with Crippen molar-refractivity contribution >= 4 is 0 Å². The van der Waals surface area contributed by atoms with Crippen LogP contribution < -0.4 is 5.73 Å². The van der Waals surface area contributed by atoms with Crippen molar-refractivity contribution in [2.24, 2.45) is 11.1 Å². The molecule has 2 heteroatoms. The highest BCUT2D eigenvalue weighted by Gasteiger charge is 2.35. The van der Waals surface area contributed by atoms with Gasteiger partial charge in [-0.1, -0.05) is 20.3 Å². The van der Waals surface area contributed by atoms with Crippen LogP contribution in [0.2, 0.25) is 0 Å². The van der Waals surface area contributed by atoms with Crippen LogP contribution >= 0.6 is 0 Å². The summed E-state index contributed by atoms with van der Waals surface area (Å²) in [6.07, 6.45) is 6.50. The van der Waals surface area contributed by atoms with Crippen LogP contribution in [0.3, 0.4) is 0 Å². The lowest BCUT2D eigenvalue weighted by atomic mass is 9.83. The molecule has 0 saturated heterocycles. The first-order chi connectivity index (χ1) is 6.42. The van der Waals surface area contributed by atoms with Crippen molar-refractivity contribution in [1.29, 1.82) is 0 Å². The van der Waals surface area contributed by atoms with Crippen molar-refractivity contribution in [1.82, 2.24) is 4.90 Å². The van der Waals surface area contributed by atoms with E-state index < -0.39 is 0 Å². The molecule has 1 aliphatic carbocycles. The predicted octanol–water partition coefficient (Wildman–Crippen LogP) is 2.24. The third-order valence-electron chi connectivity index (χ3n) is 4.09. The second kappa shape index (κ2) is 4.19. The third-order valence-corrected chi connectivity index (χ3v) is 4.09. The summed E-state index contributed by atoms with van der Waals surface area (Å²) >= 11 is 0. The molecule has 2 nitrogen and oxygen atoms in total. The van der Waals surface area contributed by atoms with E-state index in [9.17, 15) is 0 Å². The Hall–Kier alpha value is -0.0800. The summed E-state index contributed by atoms with van der Waals surface area (Å²) in [4.78, 5) is 2.34. The van der Waals surface area contributed by atoms with E-state index in [4.69, 9.17) is 5.73 Å². The number of nitrogens with two attached hydrogens (primary N) is 1. The van der Waals surface area contributed by atoms with Gasteiger partial charge in [-0.05, 0) is 45.2 Å². The fourth-order valence-electron chi connectivity index (χ4n) is 2.55. The van der Waals surface area contributed by atoms with Crippen LogP contribution in [-0.4, -0.2) is 31.1 Å². The molecule has 0 spiro atoms. The lowest BCUT2D eigenvalue weighted by molar-refractivity contribution is 0.133. The average molecular weight is 198 g/mol. The first-order valence-electron chi connectivity index (χ1n) is 5.79. The average Bonchev–Trinajstić information content (AvgIpc) is 2.25. The zero-order valence-corrected chi connectivity index (χ0v) is 10.3. The third kappa shape index (κ3) is 2.48. The van der Waals surface area contributed by atoms with Crippen LogP contribution in [0.5, 0.6) is 0 Å². The minimum Gasteiger partial charge on any atom is -0.329 e. The number of hydrogen-bond donors (Lipinski definition) is 1. The van der Waals surface area contributed by atoms with Gasteiger partial charge in [0.15, 0.2) is 0 Å². The van der Waals surface area contributed by atoms with Crippen LogP contribution in [0.1, 0.15) is 46.0 Å². The highest BCUT2D eigenvalue weighted by Crippen LogP contribution is 2.39. The molecule has 1 atom stereocenters. The summed E-state index contributed by atoms with van der Waals surface area (Å²) in [5.74, 6) is 0. The first kappa shape index (κ1) is 12.0. The Bertz CT molecular complexity index is 187. The zero-order chi connectivity index (χ0) is 10.8. The van der Waals surface area contributed by atoms with E-state index in [1.807, 2.05) is 0 Å². The highest BCUT2D eigenvalue weighted by atomic mass is 15.2. The van der Waals surface area contributed by atoms with Crippen molar-refractivity contribution in [2.45, 2.75) is 51.5 Å². The Morgan fingerprint density at radius 3 is 2.21 bits per heavy atom. The van der Waals surface area contributed by atoms with E-state index in [0.29, 0.717) is 5.41 Å². The SMILES string of the molecule is CN(C)C1(CN)CCCC(C)(C)CC1. The molecule has 0 aliphatic heterocycles. The van der Waals surface area contributed by atoms with Gasteiger partial charge in [-0.3, -0.25) is 0 Å². The molecule has 1 saturated carbocycles. The summed E-state index contributed by atoms with van der Waals surface area (Å²) in [5.41, 5.74) is 6.75. The number of rotatable bonds is 2. The number of hydrogen-bond acceptors (Lipinski definition) is 2. The molecule has 1 unspecified atom stereocenters. The van der Waals surface area contributed by atoms with Crippen LogP contribution in [-0.2, 0) is 0 Å². The predicted molar refractivity (Wildman–Crippen MR) is 62.3 cm³/mol. The van der Waals surface area contributed by atoms with E-state index in [0.717, 1.165) is 6.54 Å². The largest absolute Gasteiger partial charge is 0.329 e. The Morgan fingerprint density at radius 2 is 1.71 bits per heavy atom. The molecular weight excluding hydrogens is 172 g/mol. The lowest BCUT2D eigenvalue weighted by Crippen LogP contribution is -2.50. The minimum absolute atomic E-state index is 0.272. The Labute approximate surface area is 88.8 Å². The van der Waals surface area contributed by atoms with Gasteiger partial charge in [0.05, 0.1) is 0 Å². The van der Waals surface area contributed by atoms with Crippen molar-refractivity contribution in [2.75, 3.05) is 20.6 Å². The maximum Gasteiger partial charge on any atom is 0.0325 e. The molecule has 0 amide bonds. The maximum atomic E-state index is 5.96. The van der Waals surface area contributed by atoms with Crippen molar-refractivity contribution in [3.63, 3.8) is 0 Å². The van der Waals surface area contributed by atoms with Gasteiger partial charge in [0.25, 0.3) is 0 Å². The van der Waals surface area contributed by atoms with Crippen LogP contribution in [0.4, 0.5) is 0 Å². The standard InChI is InChI=1S/C12H26N2/c1-11(2)6-5-7-12(10-13,9-8-11)14(3)4/h5-10,13H2,1-4H3. The van der Waals surface area contributed by atoms with Crippen LogP contribution in [0.15, 0.2) is 0 Å². The minimum atomic E-state index is 0.272. The van der Waals surface area contributed by atoms with E-state index in [1.54, 1.807) is 0 Å².